The highest BCUT2D eigenvalue weighted by atomic mass is 16.2. The average molecular weight is 373 g/mol. The molecule has 0 saturated carbocycles. The van der Waals surface area contributed by atoms with Crippen LogP contribution in [0.4, 0.5) is 9.59 Å². The largest absolute Gasteiger partial charge is 0.352 e. The number of nitrogens with zero attached hydrogens (tertiary/aromatic N) is 3. The molecule has 3 rings (SSSR count). The van der Waals surface area contributed by atoms with Crippen molar-refractivity contribution in [2.24, 2.45) is 5.73 Å². The lowest BCUT2D eigenvalue weighted by molar-refractivity contribution is -0.140. The Labute approximate surface area is 157 Å². The topological polar surface area (TPSA) is 116 Å². The molecular weight excluding hydrogens is 350 g/mol. The Hall–Kier alpha value is -3.10. The predicted octanol–water partition coefficient (Wildman–Crippen LogP) is 0.110. The third-order valence-corrected chi connectivity index (χ3v) is 5.28. The zero-order valence-corrected chi connectivity index (χ0v) is 15.2. The second-order valence-corrected chi connectivity index (χ2v) is 6.85. The van der Waals surface area contributed by atoms with E-state index in [1.165, 1.54) is 7.05 Å². The summed E-state index contributed by atoms with van der Waals surface area (Å²) in [6.45, 7) is 0.824. The van der Waals surface area contributed by atoms with Crippen LogP contribution in [0.3, 0.4) is 0 Å². The number of hydrogen-bond acceptors (Lipinski definition) is 4. The van der Waals surface area contributed by atoms with Crippen molar-refractivity contribution in [1.82, 2.24) is 20.0 Å². The first-order valence-corrected chi connectivity index (χ1v) is 8.80. The molecule has 1 aromatic carbocycles. The lowest BCUT2D eigenvalue weighted by atomic mass is 9.85. The molecule has 27 heavy (non-hydrogen) atoms. The number of carbonyl (C=O) groups is 4. The fraction of sp³-hybridized carbons (Fsp3) is 0.444. The molecule has 0 aliphatic carbocycles. The van der Waals surface area contributed by atoms with Crippen LogP contribution in [0, 0.1) is 0 Å². The van der Waals surface area contributed by atoms with Gasteiger partial charge in [-0.15, -0.1) is 0 Å². The van der Waals surface area contributed by atoms with E-state index in [4.69, 9.17) is 5.73 Å². The van der Waals surface area contributed by atoms with Crippen LogP contribution in [0.5, 0.6) is 0 Å². The SMILES string of the molecule is CN1C(=O)N(Cc2ccccc2)C2(CCN(C(=O)CNC(N)=O)CC2)C1=O. The van der Waals surface area contributed by atoms with Crippen LogP contribution < -0.4 is 11.1 Å². The lowest BCUT2D eigenvalue weighted by Gasteiger charge is -2.42. The molecule has 2 aliphatic rings. The summed E-state index contributed by atoms with van der Waals surface area (Å²) in [4.78, 5) is 52.8. The van der Waals surface area contributed by atoms with Crippen molar-refractivity contribution < 1.29 is 19.2 Å². The number of nitrogens with one attached hydrogen (secondary N) is 1. The Kier molecular flexibility index (Phi) is 5.02. The number of hydrogen-bond donors (Lipinski definition) is 2. The molecule has 9 nitrogen and oxygen atoms in total. The van der Waals surface area contributed by atoms with Crippen LogP contribution in [-0.2, 0) is 16.1 Å². The standard InChI is InChI=1S/C18H23N5O4/c1-21-15(25)18(23(17(21)27)12-13-5-3-2-4-6-13)7-9-22(10-8-18)14(24)11-20-16(19)26/h2-6H,7-12H2,1H3,(H3,19,20,26). The van der Waals surface area contributed by atoms with Crippen molar-refractivity contribution in [3.05, 3.63) is 35.9 Å². The second kappa shape index (κ2) is 7.26. The summed E-state index contributed by atoms with van der Waals surface area (Å²) in [7, 11) is 1.49. The molecule has 9 heteroatoms. The number of nitrogens with two attached hydrogens (primary N) is 1. The van der Waals surface area contributed by atoms with E-state index in [0.29, 0.717) is 32.5 Å². The molecule has 0 bridgehead atoms. The van der Waals surface area contributed by atoms with Gasteiger partial charge in [0.1, 0.15) is 5.54 Å². The predicted molar refractivity (Wildman–Crippen MR) is 96.3 cm³/mol. The van der Waals surface area contributed by atoms with Gasteiger partial charge >= 0.3 is 12.1 Å². The number of likely N-dealkylation sites (N-methyl/N-ethyl adjacent to an activating group) is 1. The summed E-state index contributed by atoms with van der Waals surface area (Å²) in [5, 5.41) is 2.28. The Morgan fingerprint density at radius 3 is 2.37 bits per heavy atom. The van der Waals surface area contributed by atoms with E-state index in [9.17, 15) is 19.2 Å². The molecule has 0 aromatic heterocycles. The molecule has 6 amide bonds. The number of piperidine rings is 1. The summed E-state index contributed by atoms with van der Waals surface area (Å²) >= 11 is 0. The summed E-state index contributed by atoms with van der Waals surface area (Å²) in [5.41, 5.74) is 5.00. The van der Waals surface area contributed by atoms with Crippen molar-refractivity contribution in [3.63, 3.8) is 0 Å². The third kappa shape index (κ3) is 3.44. The van der Waals surface area contributed by atoms with Crippen LogP contribution in [0.2, 0.25) is 0 Å². The second-order valence-electron chi connectivity index (χ2n) is 6.85. The van der Waals surface area contributed by atoms with Gasteiger partial charge in [0.25, 0.3) is 5.91 Å². The van der Waals surface area contributed by atoms with Gasteiger partial charge in [-0.25, -0.2) is 9.59 Å². The molecule has 0 unspecified atom stereocenters. The van der Waals surface area contributed by atoms with Gasteiger partial charge < -0.3 is 20.9 Å². The molecule has 1 aromatic rings. The van der Waals surface area contributed by atoms with Crippen molar-refractivity contribution in [2.45, 2.75) is 24.9 Å². The molecule has 3 N–H and O–H groups in total. The third-order valence-electron chi connectivity index (χ3n) is 5.28. The number of primary amides is 1. The average Bonchev–Trinajstić information content (AvgIpc) is 2.84. The molecule has 2 saturated heterocycles. The van der Waals surface area contributed by atoms with Gasteiger partial charge in [-0.05, 0) is 18.4 Å². The Balaban J connectivity index is 1.74. The quantitative estimate of drug-likeness (QED) is 0.729. The monoisotopic (exact) mass is 373 g/mol. The molecule has 0 atom stereocenters. The summed E-state index contributed by atoms with van der Waals surface area (Å²) in [5.74, 6) is -0.492. The Morgan fingerprint density at radius 2 is 1.78 bits per heavy atom. The van der Waals surface area contributed by atoms with Gasteiger partial charge in [-0.2, -0.15) is 0 Å². The minimum atomic E-state index is -0.935. The number of rotatable bonds is 4. The maximum absolute atomic E-state index is 12.9. The molecule has 1 spiro atoms. The molecule has 144 valence electrons. The summed E-state index contributed by atoms with van der Waals surface area (Å²) in [6, 6.07) is 8.42. The van der Waals surface area contributed by atoms with Gasteiger partial charge in [0.2, 0.25) is 5.91 Å². The van der Waals surface area contributed by atoms with E-state index in [1.54, 1.807) is 9.80 Å². The van der Waals surface area contributed by atoms with Crippen LogP contribution in [-0.4, -0.2) is 70.8 Å². The summed E-state index contributed by atoms with van der Waals surface area (Å²) in [6.07, 6.45) is 0.716. The number of urea groups is 2. The minimum absolute atomic E-state index is 0.178. The van der Waals surface area contributed by atoms with Gasteiger partial charge in [-0.1, -0.05) is 30.3 Å². The van der Waals surface area contributed by atoms with E-state index in [0.717, 1.165) is 10.5 Å². The number of carbonyl (C=O) groups excluding carboxylic acids is 4. The van der Waals surface area contributed by atoms with E-state index in [2.05, 4.69) is 5.32 Å². The fourth-order valence-electron chi connectivity index (χ4n) is 3.75. The molecular formula is C18H23N5O4. The van der Waals surface area contributed by atoms with Crippen LogP contribution in [0.1, 0.15) is 18.4 Å². The van der Waals surface area contributed by atoms with Gasteiger partial charge in [0.15, 0.2) is 0 Å². The molecule has 2 heterocycles. The Morgan fingerprint density at radius 1 is 1.15 bits per heavy atom. The first kappa shape index (κ1) is 18.7. The van der Waals surface area contributed by atoms with Crippen molar-refractivity contribution in [1.29, 1.82) is 0 Å². The summed E-state index contributed by atoms with van der Waals surface area (Å²) < 4.78 is 0. The number of amides is 6. The highest BCUT2D eigenvalue weighted by molar-refractivity contribution is 6.06. The van der Waals surface area contributed by atoms with Crippen LogP contribution in [0.25, 0.3) is 0 Å². The Bertz CT molecular complexity index is 758. The van der Waals surface area contributed by atoms with Gasteiger partial charge in [0.05, 0.1) is 6.54 Å². The van der Waals surface area contributed by atoms with Gasteiger partial charge in [-0.3, -0.25) is 14.5 Å². The molecule has 2 fully saturated rings. The zero-order chi connectivity index (χ0) is 19.6. The maximum atomic E-state index is 12.9. The van der Waals surface area contributed by atoms with Crippen molar-refractivity contribution in [3.8, 4) is 0 Å². The van der Waals surface area contributed by atoms with E-state index < -0.39 is 11.6 Å². The van der Waals surface area contributed by atoms with Crippen LogP contribution in [0.15, 0.2) is 30.3 Å². The van der Waals surface area contributed by atoms with Gasteiger partial charge in [0, 0.05) is 26.7 Å². The highest BCUT2D eigenvalue weighted by Gasteiger charge is 2.57. The normalized spacial score (nSPS) is 18.9. The highest BCUT2D eigenvalue weighted by Crippen LogP contribution is 2.37. The first-order valence-electron chi connectivity index (χ1n) is 8.80. The molecule has 0 radical (unpaired) electrons. The lowest BCUT2D eigenvalue weighted by Crippen LogP contribution is -2.58. The first-order chi connectivity index (χ1) is 12.8. The van der Waals surface area contributed by atoms with Crippen LogP contribution >= 0.6 is 0 Å². The minimum Gasteiger partial charge on any atom is -0.352 e. The van der Waals surface area contributed by atoms with Crippen molar-refractivity contribution in [2.75, 3.05) is 26.7 Å². The van der Waals surface area contributed by atoms with E-state index in [-0.39, 0.29) is 24.4 Å². The smallest absolute Gasteiger partial charge is 0.327 e. The fourth-order valence-corrected chi connectivity index (χ4v) is 3.75. The van der Waals surface area contributed by atoms with Crippen molar-refractivity contribution >= 4 is 23.9 Å². The zero-order valence-electron chi connectivity index (χ0n) is 15.2. The number of likely N-dealkylation sites (tertiary alicyclic amines) is 1. The van der Waals surface area contributed by atoms with E-state index in [1.807, 2.05) is 30.3 Å². The number of benzene rings is 1. The van der Waals surface area contributed by atoms with E-state index >= 15 is 0 Å². The number of imide groups is 1. The maximum Gasteiger partial charge on any atom is 0.327 e. The molecule has 2 aliphatic heterocycles.